The molecule has 0 fully saturated rings. The van der Waals surface area contributed by atoms with Crippen molar-refractivity contribution in [2.24, 2.45) is 0 Å². The van der Waals surface area contributed by atoms with Crippen molar-refractivity contribution in [1.82, 2.24) is 4.98 Å². The van der Waals surface area contributed by atoms with Crippen LogP contribution in [-0.4, -0.2) is 4.98 Å². The van der Waals surface area contributed by atoms with E-state index in [1.165, 1.54) is 10.4 Å². The molecule has 0 amide bonds. The Hall–Kier alpha value is -0.360. The van der Waals surface area contributed by atoms with Crippen LogP contribution in [0.1, 0.15) is 5.56 Å². The molecule has 2 aromatic rings. The van der Waals surface area contributed by atoms with Crippen molar-refractivity contribution in [3.8, 4) is 10.6 Å². The molecule has 2 rings (SSSR count). The molecule has 0 aliphatic heterocycles. The number of rotatable bonds is 1. The fourth-order valence-corrected chi connectivity index (χ4v) is 2.25. The predicted octanol–water partition coefficient (Wildman–Crippen LogP) is 3.32. The van der Waals surface area contributed by atoms with Gasteiger partial charge in [0.25, 0.3) is 3.90 Å². The zero-order valence-corrected chi connectivity index (χ0v) is 9.35. The number of oxazole rings is 1. The Morgan fingerprint density at radius 3 is 2.92 bits per heavy atom. The minimum Gasteiger partial charge on any atom is -0.440 e. The molecule has 4 heteroatoms. The summed E-state index contributed by atoms with van der Waals surface area (Å²) in [5.41, 5.74) is 2.19. The highest BCUT2D eigenvalue weighted by molar-refractivity contribution is 14.1. The summed E-state index contributed by atoms with van der Waals surface area (Å²) in [7, 11) is 0. The van der Waals surface area contributed by atoms with Gasteiger partial charge in [0.2, 0.25) is 0 Å². The van der Waals surface area contributed by atoms with Gasteiger partial charge in [0.15, 0.2) is 0 Å². The summed E-state index contributed by atoms with van der Waals surface area (Å²) < 4.78 is 5.82. The third-order valence-electron chi connectivity index (χ3n) is 1.57. The van der Waals surface area contributed by atoms with Gasteiger partial charge in [-0.1, -0.05) is 0 Å². The number of hydrogen-bond acceptors (Lipinski definition) is 3. The van der Waals surface area contributed by atoms with Crippen LogP contribution in [0.15, 0.2) is 22.1 Å². The summed E-state index contributed by atoms with van der Waals surface area (Å²) >= 11 is 3.75. The number of hydrogen-bond donors (Lipinski definition) is 0. The van der Waals surface area contributed by atoms with E-state index >= 15 is 0 Å². The van der Waals surface area contributed by atoms with E-state index in [0.29, 0.717) is 3.90 Å². The second-order valence-corrected chi connectivity index (χ2v) is 4.26. The van der Waals surface area contributed by atoms with E-state index in [1.54, 1.807) is 17.6 Å². The van der Waals surface area contributed by atoms with Crippen molar-refractivity contribution >= 4 is 33.9 Å². The van der Waals surface area contributed by atoms with E-state index in [-0.39, 0.29) is 0 Å². The monoisotopic (exact) mass is 291 g/mol. The second kappa shape index (κ2) is 3.18. The van der Waals surface area contributed by atoms with Gasteiger partial charge in [-0.3, -0.25) is 0 Å². The van der Waals surface area contributed by atoms with Crippen LogP contribution in [0.5, 0.6) is 0 Å². The maximum Gasteiger partial charge on any atom is 0.257 e. The van der Waals surface area contributed by atoms with Gasteiger partial charge in [0.05, 0.1) is 4.88 Å². The van der Waals surface area contributed by atoms with Gasteiger partial charge in [-0.25, -0.2) is 4.98 Å². The number of halogens is 1. The molecule has 0 unspecified atom stereocenters. The van der Waals surface area contributed by atoms with E-state index in [0.717, 1.165) is 5.69 Å². The molecule has 0 aliphatic carbocycles. The van der Waals surface area contributed by atoms with Crippen LogP contribution >= 0.6 is 33.9 Å². The molecule has 62 valence electrons. The zero-order chi connectivity index (χ0) is 8.55. The Balaban J connectivity index is 2.50. The highest BCUT2D eigenvalue weighted by atomic mass is 127. The lowest BCUT2D eigenvalue weighted by atomic mass is 10.2. The molecular formula is C8H6INOS. The first-order chi connectivity index (χ1) is 5.77. The molecule has 2 aromatic heterocycles. The van der Waals surface area contributed by atoms with Crippen molar-refractivity contribution in [3.05, 3.63) is 27.2 Å². The van der Waals surface area contributed by atoms with Crippen molar-refractivity contribution < 1.29 is 4.42 Å². The predicted molar refractivity (Wildman–Crippen MR) is 57.3 cm³/mol. The molecule has 12 heavy (non-hydrogen) atoms. The van der Waals surface area contributed by atoms with E-state index in [9.17, 15) is 0 Å². The fraction of sp³-hybridized carbons (Fsp3) is 0.125. The average Bonchev–Trinajstić information content (AvgIpc) is 2.58. The topological polar surface area (TPSA) is 26.0 Å². The first-order valence-corrected chi connectivity index (χ1v) is 5.38. The van der Waals surface area contributed by atoms with Crippen molar-refractivity contribution in [2.75, 3.05) is 0 Å². The Bertz CT molecular complexity index is 393. The van der Waals surface area contributed by atoms with Crippen LogP contribution < -0.4 is 0 Å². The largest absolute Gasteiger partial charge is 0.440 e. The maximum atomic E-state index is 5.13. The molecule has 0 saturated carbocycles. The molecule has 2 nitrogen and oxygen atoms in total. The summed E-state index contributed by atoms with van der Waals surface area (Å²) in [6.07, 6.45) is 1.70. The van der Waals surface area contributed by atoms with Gasteiger partial charge in [-0.15, -0.1) is 11.3 Å². The lowest BCUT2D eigenvalue weighted by Crippen LogP contribution is -1.74. The van der Waals surface area contributed by atoms with E-state index < -0.39 is 0 Å². The second-order valence-electron chi connectivity index (χ2n) is 2.42. The van der Waals surface area contributed by atoms with Crippen LogP contribution in [0.3, 0.4) is 0 Å². The summed E-state index contributed by atoms with van der Waals surface area (Å²) in [6, 6.07) is 2.08. The molecule has 0 N–H and O–H groups in total. The number of aryl methyl sites for hydroxylation is 1. The summed E-state index contributed by atoms with van der Waals surface area (Å²) in [5.74, 6) is 0. The van der Waals surface area contributed by atoms with Crippen LogP contribution in [0.25, 0.3) is 10.6 Å². The van der Waals surface area contributed by atoms with Crippen LogP contribution in [0.2, 0.25) is 0 Å². The van der Waals surface area contributed by atoms with E-state index in [1.807, 2.05) is 0 Å². The first-order valence-electron chi connectivity index (χ1n) is 3.43. The van der Waals surface area contributed by atoms with Gasteiger partial charge in [0, 0.05) is 22.6 Å². The molecule has 0 saturated heterocycles. The third-order valence-corrected chi connectivity index (χ3v) is 3.11. The van der Waals surface area contributed by atoms with Crippen molar-refractivity contribution in [1.29, 1.82) is 0 Å². The normalized spacial score (nSPS) is 10.5. The van der Waals surface area contributed by atoms with Crippen LogP contribution in [-0.2, 0) is 0 Å². The van der Waals surface area contributed by atoms with Gasteiger partial charge >= 0.3 is 0 Å². The minimum atomic E-state index is 0.690. The average molecular weight is 291 g/mol. The van der Waals surface area contributed by atoms with Crippen LogP contribution in [0.4, 0.5) is 0 Å². The lowest BCUT2D eigenvalue weighted by Gasteiger charge is -1.89. The van der Waals surface area contributed by atoms with Crippen molar-refractivity contribution in [2.45, 2.75) is 6.92 Å². The fourth-order valence-electron chi connectivity index (χ4n) is 0.991. The summed E-state index contributed by atoms with van der Waals surface area (Å²) in [4.78, 5) is 5.44. The third kappa shape index (κ3) is 1.40. The molecular weight excluding hydrogens is 285 g/mol. The van der Waals surface area contributed by atoms with E-state index in [4.69, 9.17) is 4.42 Å². The van der Waals surface area contributed by atoms with Crippen molar-refractivity contribution in [3.63, 3.8) is 0 Å². The Labute approximate surface area is 87.8 Å². The van der Waals surface area contributed by atoms with Gasteiger partial charge in [-0.2, -0.15) is 0 Å². The molecule has 0 aromatic carbocycles. The molecule has 0 bridgehead atoms. The Morgan fingerprint density at radius 1 is 1.58 bits per heavy atom. The molecule has 0 atom stereocenters. The maximum absolute atomic E-state index is 5.13. The minimum absolute atomic E-state index is 0.690. The lowest BCUT2D eigenvalue weighted by molar-refractivity contribution is 0.525. The highest BCUT2D eigenvalue weighted by Crippen LogP contribution is 2.28. The first kappa shape index (κ1) is 8.25. The summed E-state index contributed by atoms with van der Waals surface area (Å²) in [6.45, 7) is 2.08. The highest BCUT2D eigenvalue weighted by Gasteiger charge is 2.07. The number of nitrogens with zero attached hydrogens (tertiary/aromatic N) is 1. The van der Waals surface area contributed by atoms with Gasteiger partial charge < -0.3 is 4.42 Å². The Morgan fingerprint density at radius 2 is 2.42 bits per heavy atom. The number of aromatic nitrogens is 1. The molecule has 0 radical (unpaired) electrons. The van der Waals surface area contributed by atoms with Crippen LogP contribution in [0, 0.1) is 10.8 Å². The standard InChI is InChI=1S/C8H6INOS/c1-5-2-3-12-7(5)6-4-11-8(9)10-6/h2-4H,1H3. The van der Waals surface area contributed by atoms with Gasteiger partial charge in [-0.05, 0) is 23.9 Å². The SMILES string of the molecule is Cc1ccsc1-c1coc(I)n1. The smallest absolute Gasteiger partial charge is 0.257 e. The molecule has 0 aliphatic rings. The van der Waals surface area contributed by atoms with Gasteiger partial charge in [0.1, 0.15) is 12.0 Å². The molecule has 0 spiro atoms. The number of thiophene rings is 1. The zero-order valence-electron chi connectivity index (χ0n) is 6.37. The molecule has 2 heterocycles. The summed E-state index contributed by atoms with van der Waals surface area (Å²) in [5, 5.41) is 2.06. The quantitative estimate of drug-likeness (QED) is 0.753. The Kier molecular flexibility index (Phi) is 2.18. The van der Waals surface area contributed by atoms with E-state index in [2.05, 4.69) is 45.9 Å².